The third-order valence-corrected chi connectivity index (χ3v) is 4.51. The Hall–Kier alpha value is -0.120. The summed E-state index contributed by atoms with van der Waals surface area (Å²) in [5.74, 6) is 0.904. The Labute approximate surface area is 119 Å². The second-order valence-corrected chi connectivity index (χ2v) is 6.05. The first-order chi connectivity index (χ1) is 9.24. The highest BCUT2D eigenvalue weighted by atomic mass is 16.5. The minimum atomic E-state index is 0.544. The van der Waals surface area contributed by atoms with Gasteiger partial charge in [-0.2, -0.15) is 0 Å². The van der Waals surface area contributed by atoms with Gasteiger partial charge in [-0.1, -0.05) is 32.6 Å². The van der Waals surface area contributed by atoms with Crippen molar-refractivity contribution in [3.63, 3.8) is 0 Å². The molecule has 3 nitrogen and oxygen atoms in total. The smallest absolute Gasteiger partial charge is 0.0589 e. The fraction of sp³-hybridized carbons (Fsp3) is 1.00. The van der Waals surface area contributed by atoms with Crippen molar-refractivity contribution in [3.8, 4) is 0 Å². The molecule has 0 bridgehead atoms. The highest BCUT2D eigenvalue weighted by molar-refractivity contribution is 4.88. The summed E-state index contributed by atoms with van der Waals surface area (Å²) in [4.78, 5) is 2.62. The number of ether oxygens (including phenoxy) is 1. The van der Waals surface area contributed by atoms with Gasteiger partial charge in [0.05, 0.1) is 6.61 Å². The first-order valence-corrected chi connectivity index (χ1v) is 8.19. The Morgan fingerprint density at radius 3 is 2.53 bits per heavy atom. The average molecular weight is 270 g/mol. The normalized spacial score (nSPS) is 18.8. The van der Waals surface area contributed by atoms with E-state index in [1.165, 1.54) is 44.9 Å². The first-order valence-electron chi connectivity index (χ1n) is 8.19. The molecule has 0 aromatic carbocycles. The van der Waals surface area contributed by atoms with Gasteiger partial charge in [-0.15, -0.1) is 0 Å². The molecule has 0 aromatic rings. The second kappa shape index (κ2) is 9.73. The van der Waals surface area contributed by atoms with Crippen LogP contribution < -0.4 is 5.73 Å². The van der Waals surface area contributed by atoms with Gasteiger partial charge in [0.2, 0.25) is 0 Å². The lowest BCUT2D eigenvalue weighted by molar-refractivity contribution is 0.0791. The molecule has 0 spiro atoms. The van der Waals surface area contributed by atoms with E-state index < -0.39 is 0 Å². The van der Waals surface area contributed by atoms with Gasteiger partial charge in [0.25, 0.3) is 0 Å². The van der Waals surface area contributed by atoms with Crippen LogP contribution >= 0.6 is 0 Å². The second-order valence-electron chi connectivity index (χ2n) is 6.05. The molecule has 19 heavy (non-hydrogen) atoms. The Balaban J connectivity index is 2.42. The molecule has 2 atom stereocenters. The van der Waals surface area contributed by atoms with E-state index in [0.29, 0.717) is 12.1 Å². The summed E-state index contributed by atoms with van der Waals surface area (Å²) >= 11 is 0. The highest BCUT2D eigenvalue weighted by Gasteiger charge is 2.34. The van der Waals surface area contributed by atoms with Crippen molar-refractivity contribution in [2.24, 2.45) is 11.7 Å². The summed E-state index contributed by atoms with van der Waals surface area (Å²) in [6, 6.07) is 1.22. The van der Waals surface area contributed by atoms with Gasteiger partial charge in [-0.25, -0.2) is 0 Å². The van der Waals surface area contributed by atoms with Crippen molar-refractivity contribution in [2.45, 2.75) is 70.9 Å². The number of nitrogens with zero attached hydrogens (tertiary/aromatic N) is 1. The van der Waals surface area contributed by atoms with E-state index in [-0.39, 0.29) is 0 Å². The van der Waals surface area contributed by atoms with Crippen LogP contribution in [0.4, 0.5) is 0 Å². The lowest BCUT2D eigenvalue weighted by atomic mass is 10.0. The summed E-state index contributed by atoms with van der Waals surface area (Å²) in [6.45, 7) is 7.28. The van der Waals surface area contributed by atoms with Crippen molar-refractivity contribution in [1.29, 1.82) is 0 Å². The molecule has 1 fully saturated rings. The van der Waals surface area contributed by atoms with Crippen LogP contribution in [0.15, 0.2) is 0 Å². The summed E-state index contributed by atoms with van der Waals surface area (Å²) in [7, 11) is 1.79. The molecule has 0 aromatic heterocycles. The minimum Gasteiger partial charge on any atom is -0.383 e. The van der Waals surface area contributed by atoms with E-state index in [1.54, 1.807) is 7.11 Å². The van der Waals surface area contributed by atoms with Crippen LogP contribution in [0.2, 0.25) is 0 Å². The Morgan fingerprint density at radius 2 is 2.00 bits per heavy atom. The highest BCUT2D eigenvalue weighted by Crippen LogP contribution is 2.36. The fourth-order valence-electron chi connectivity index (χ4n) is 2.99. The Bertz CT molecular complexity index is 219. The zero-order valence-corrected chi connectivity index (χ0v) is 13.2. The first kappa shape index (κ1) is 16.9. The zero-order valence-electron chi connectivity index (χ0n) is 13.2. The van der Waals surface area contributed by atoms with Crippen LogP contribution in [-0.2, 0) is 4.74 Å². The van der Waals surface area contributed by atoms with Gasteiger partial charge < -0.3 is 10.5 Å². The van der Waals surface area contributed by atoms with Crippen molar-refractivity contribution in [3.05, 3.63) is 0 Å². The molecule has 2 N–H and O–H groups in total. The third-order valence-electron chi connectivity index (χ3n) is 4.51. The molecule has 3 heteroatoms. The molecular formula is C16H34N2O. The number of nitrogens with two attached hydrogens (primary N) is 1. The maximum atomic E-state index is 6.04. The van der Waals surface area contributed by atoms with Gasteiger partial charge in [-0.3, -0.25) is 4.90 Å². The standard InChI is InChI=1S/C16H34N2O/c1-4-5-6-7-8-16(13-17)18(11-12-19-3)14(2)15-9-10-15/h14-16H,4-13,17H2,1-3H3. The SMILES string of the molecule is CCCCCCC(CN)N(CCOC)C(C)C1CC1. The molecule has 0 heterocycles. The largest absolute Gasteiger partial charge is 0.383 e. The predicted octanol–water partition coefficient (Wildman–Crippen LogP) is 3.03. The van der Waals surface area contributed by atoms with E-state index in [1.807, 2.05) is 0 Å². The lowest BCUT2D eigenvalue weighted by Gasteiger charge is -2.36. The Morgan fingerprint density at radius 1 is 1.26 bits per heavy atom. The van der Waals surface area contributed by atoms with Crippen LogP contribution in [0.1, 0.15) is 58.8 Å². The van der Waals surface area contributed by atoms with Crippen molar-refractivity contribution in [1.82, 2.24) is 4.90 Å². The maximum absolute atomic E-state index is 6.04. The average Bonchev–Trinajstić information content (AvgIpc) is 3.25. The molecule has 0 radical (unpaired) electrons. The number of rotatable bonds is 12. The van der Waals surface area contributed by atoms with Gasteiger partial charge in [0.15, 0.2) is 0 Å². The minimum absolute atomic E-state index is 0.544. The molecule has 1 aliphatic carbocycles. The molecule has 0 amide bonds. The molecule has 0 saturated heterocycles. The lowest BCUT2D eigenvalue weighted by Crippen LogP contribution is -2.48. The van der Waals surface area contributed by atoms with Crippen molar-refractivity contribution < 1.29 is 4.74 Å². The fourth-order valence-corrected chi connectivity index (χ4v) is 2.99. The Kier molecular flexibility index (Phi) is 8.67. The number of hydrogen-bond acceptors (Lipinski definition) is 3. The third kappa shape index (κ3) is 6.24. The van der Waals surface area contributed by atoms with Crippen LogP contribution in [0.5, 0.6) is 0 Å². The van der Waals surface area contributed by atoms with E-state index >= 15 is 0 Å². The van der Waals surface area contributed by atoms with Crippen LogP contribution in [-0.4, -0.2) is 43.8 Å². The molecule has 114 valence electrons. The van der Waals surface area contributed by atoms with Crippen LogP contribution in [0.25, 0.3) is 0 Å². The van der Waals surface area contributed by atoms with Gasteiger partial charge in [0, 0.05) is 32.3 Å². The van der Waals surface area contributed by atoms with Gasteiger partial charge in [0.1, 0.15) is 0 Å². The maximum Gasteiger partial charge on any atom is 0.0589 e. The van der Waals surface area contributed by atoms with E-state index in [2.05, 4.69) is 18.7 Å². The molecule has 1 aliphatic rings. The molecule has 1 saturated carbocycles. The predicted molar refractivity (Wildman–Crippen MR) is 82.4 cm³/mol. The number of hydrogen-bond donors (Lipinski definition) is 1. The van der Waals surface area contributed by atoms with E-state index in [4.69, 9.17) is 10.5 Å². The van der Waals surface area contributed by atoms with Crippen molar-refractivity contribution >= 4 is 0 Å². The summed E-state index contributed by atoms with van der Waals surface area (Å²) in [6.07, 6.45) is 9.37. The van der Waals surface area contributed by atoms with Gasteiger partial charge >= 0.3 is 0 Å². The zero-order chi connectivity index (χ0) is 14.1. The molecule has 2 unspecified atom stereocenters. The number of methoxy groups -OCH3 is 1. The van der Waals surface area contributed by atoms with Crippen LogP contribution in [0, 0.1) is 5.92 Å². The van der Waals surface area contributed by atoms with Gasteiger partial charge in [-0.05, 0) is 32.1 Å². The monoisotopic (exact) mass is 270 g/mol. The summed E-state index contributed by atoms with van der Waals surface area (Å²) in [5, 5.41) is 0. The topological polar surface area (TPSA) is 38.5 Å². The van der Waals surface area contributed by atoms with Crippen LogP contribution in [0.3, 0.4) is 0 Å². The summed E-state index contributed by atoms with van der Waals surface area (Å²) < 4.78 is 5.28. The van der Waals surface area contributed by atoms with E-state index in [0.717, 1.165) is 25.6 Å². The summed E-state index contributed by atoms with van der Waals surface area (Å²) in [5.41, 5.74) is 6.04. The number of unbranched alkanes of at least 4 members (excludes halogenated alkanes) is 3. The van der Waals surface area contributed by atoms with E-state index in [9.17, 15) is 0 Å². The molecule has 0 aliphatic heterocycles. The molecule has 1 rings (SSSR count). The quantitative estimate of drug-likeness (QED) is 0.554. The molecular weight excluding hydrogens is 236 g/mol. The van der Waals surface area contributed by atoms with Crippen molar-refractivity contribution in [2.75, 3.05) is 26.8 Å².